The number of hydrogen-bond acceptors (Lipinski definition) is 4. The molecule has 0 fully saturated rings. The number of aromatic nitrogens is 2. The summed E-state index contributed by atoms with van der Waals surface area (Å²) in [6, 6.07) is 22.9. The molecule has 0 aliphatic rings. The summed E-state index contributed by atoms with van der Waals surface area (Å²) in [4.78, 5) is 11.5. The molecule has 0 aliphatic carbocycles. The maximum absolute atomic E-state index is 4.71. The molecular weight excluding hydrogens is 320 g/mol. The Kier molecular flexibility index (Phi) is 6.20. The van der Waals surface area contributed by atoms with E-state index >= 15 is 0 Å². The number of aryl methyl sites for hydroxylation is 1. The maximum Gasteiger partial charge on any atom is 0.139 e. The lowest BCUT2D eigenvalue weighted by molar-refractivity contribution is 0.827. The van der Waals surface area contributed by atoms with E-state index in [9.17, 15) is 0 Å². The zero-order chi connectivity index (χ0) is 18.2. The van der Waals surface area contributed by atoms with Gasteiger partial charge in [0, 0.05) is 24.8 Å². The predicted octanol–water partition coefficient (Wildman–Crippen LogP) is 5.34. The van der Waals surface area contributed by atoms with Gasteiger partial charge in [0.1, 0.15) is 17.5 Å². The fraction of sp³-hybridized carbons (Fsp3) is 0.273. The van der Waals surface area contributed by atoms with Crippen molar-refractivity contribution >= 4 is 17.3 Å². The molecule has 134 valence electrons. The Morgan fingerprint density at radius 3 is 2.31 bits per heavy atom. The lowest BCUT2D eigenvalue weighted by Gasteiger charge is -2.25. The van der Waals surface area contributed by atoms with E-state index in [0.29, 0.717) is 0 Å². The molecule has 0 spiro atoms. The number of nitrogens with zero attached hydrogens (tertiary/aromatic N) is 3. The lowest BCUT2D eigenvalue weighted by atomic mass is 10.2. The summed E-state index contributed by atoms with van der Waals surface area (Å²) < 4.78 is 0. The van der Waals surface area contributed by atoms with Gasteiger partial charge in [-0.05, 0) is 31.0 Å². The summed E-state index contributed by atoms with van der Waals surface area (Å²) in [6.07, 6.45) is 2.29. The van der Waals surface area contributed by atoms with E-state index in [1.165, 1.54) is 5.56 Å². The van der Waals surface area contributed by atoms with Crippen LogP contribution in [0.15, 0.2) is 66.7 Å². The monoisotopic (exact) mass is 346 g/mol. The molecule has 2 aromatic carbocycles. The van der Waals surface area contributed by atoms with Crippen LogP contribution in [-0.4, -0.2) is 16.5 Å². The van der Waals surface area contributed by atoms with Crippen molar-refractivity contribution in [3.63, 3.8) is 0 Å². The number of anilines is 3. The topological polar surface area (TPSA) is 41.0 Å². The fourth-order valence-electron chi connectivity index (χ4n) is 2.85. The van der Waals surface area contributed by atoms with Crippen molar-refractivity contribution in [3.05, 3.63) is 78.1 Å². The van der Waals surface area contributed by atoms with Gasteiger partial charge in [-0.3, -0.25) is 0 Å². The van der Waals surface area contributed by atoms with Crippen LogP contribution in [0.2, 0.25) is 0 Å². The van der Waals surface area contributed by atoms with Gasteiger partial charge in [-0.1, -0.05) is 61.9 Å². The Labute approximate surface area is 155 Å². The third kappa shape index (κ3) is 4.82. The summed E-state index contributed by atoms with van der Waals surface area (Å²) in [5.74, 6) is 2.57. The first-order valence-electron chi connectivity index (χ1n) is 9.22. The fourth-order valence-corrected chi connectivity index (χ4v) is 2.85. The number of benzene rings is 2. The van der Waals surface area contributed by atoms with Crippen LogP contribution in [0.3, 0.4) is 0 Å². The second kappa shape index (κ2) is 8.99. The molecule has 0 unspecified atom stereocenters. The highest BCUT2D eigenvalue weighted by atomic mass is 15.2. The van der Waals surface area contributed by atoms with Gasteiger partial charge < -0.3 is 10.2 Å². The molecule has 1 heterocycles. The van der Waals surface area contributed by atoms with Gasteiger partial charge in [-0.25, -0.2) is 9.97 Å². The molecule has 1 aromatic heterocycles. The summed E-state index contributed by atoms with van der Waals surface area (Å²) in [6.45, 7) is 5.82. The summed E-state index contributed by atoms with van der Waals surface area (Å²) >= 11 is 0. The molecule has 0 aliphatic heterocycles. The molecule has 4 heteroatoms. The normalized spacial score (nSPS) is 10.5. The average Bonchev–Trinajstić information content (AvgIpc) is 2.67. The van der Waals surface area contributed by atoms with Crippen LogP contribution in [0, 0.1) is 6.92 Å². The Hall–Kier alpha value is -2.88. The number of unbranched alkanes of at least 4 members (excludes halogenated alkanes) is 1. The molecule has 0 atom stereocenters. The van der Waals surface area contributed by atoms with Crippen LogP contribution >= 0.6 is 0 Å². The molecule has 0 radical (unpaired) electrons. The molecule has 3 aromatic rings. The van der Waals surface area contributed by atoms with E-state index in [-0.39, 0.29) is 0 Å². The Morgan fingerprint density at radius 2 is 1.62 bits per heavy atom. The van der Waals surface area contributed by atoms with Crippen LogP contribution in [-0.2, 0) is 6.54 Å². The third-order valence-corrected chi connectivity index (χ3v) is 4.19. The van der Waals surface area contributed by atoms with E-state index in [0.717, 1.165) is 49.1 Å². The SMILES string of the molecule is CCCCNc1cc(N(Cc2ccccc2)c2ccccc2)nc(C)n1. The minimum Gasteiger partial charge on any atom is -0.370 e. The van der Waals surface area contributed by atoms with Crippen molar-refractivity contribution in [1.82, 2.24) is 9.97 Å². The van der Waals surface area contributed by atoms with Gasteiger partial charge in [-0.2, -0.15) is 0 Å². The van der Waals surface area contributed by atoms with Gasteiger partial charge in [0.15, 0.2) is 0 Å². The lowest BCUT2D eigenvalue weighted by Crippen LogP contribution is -2.19. The van der Waals surface area contributed by atoms with E-state index < -0.39 is 0 Å². The van der Waals surface area contributed by atoms with Gasteiger partial charge >= 0.3 is 0 Å². The number of hydrogen-bond donors (Lipinski definition) is 1. The van der Waals surface area contributed by atoms with Crippen LogP contribution < -0.4 is 10.2 Å². The van der Waals surface area contributed by atoms with Crippen LogP contribution in [0.5, 0.6) is 0 Å². The number of nitrogens with one attached hydrogen (secondary N) is 1. The smallest absolute Gasteiger partial charge is 0.139 e. The minimum atomic E-state index is 0.760. The van der Waals surface area contributed by atoms with E-state index in [1.807, 2.05) is 25.1 Å². The van der Waals surface area contributed by atoms with E-state index in [4.69, 9.17) is 4.98 Å². The standard InChI is InChI=1S/C22H26N4/c1-3-4-15-23-21-16-22(25-18(2)24-21)26(20-13-9-6-10-14-20)17-19-11-7-5-8-12-19/h5-14,16H,3-4,15,17H2,1-2H3,(H,23,24,25). The highest BCUT2D eigenvalue weighted by molar-refractivity contribution is 5.62. The van der Waals surface area contributed by atoms with E-state index in [1.54, 1.807) is 0 Å². The van der Waals surface area contributed by atoms with Crippen molar-refractivity contribution < 1.29 is 0 Å². The highest BCUT2D eigenvalue weighted by Crippen LogP contribution is 2.27. The number of rotatable bonds is 8. The highest BCUT2D eigenvalue weighted by Gasteiger charge is 2.13. The molecule has 0 saturated carbocycles. The maximum atomic E-state index is 4.71. The largest absolute Gasteiger partial charge is 0.370 e. The summed E-state index contributed by atoms with van der Waals surface area (Å²) in [7, 11) is 0. The summed E-state index contributed by atoms with van der Waals surface area (Å²) in [5.41, 5.74) is 2.36. The van der Waals surface area contributed by atoms with Crippen LogP contribution in [0.1, 0.15) is 31.2 Å². The molecule has 0 amide bonds. The van der Waals surface area contributed by atoms with Gasteiger partial charge in [0.2, 0.25) is 0 Å². The predicted molar refractivity (Wildman–Crippen MR) is 109 cm³/mol. The van der Waals surface area contributed by atoms with Crippen LogP contribution in [0.4, 0.5) is 17.3 Å². The van der Waals surface area contributed by atoms with Gasteiger partial charge in [0.05, 0.1) is 0 Å². The first-order valence-corrected chi connectivity index (χ1v) is 9.22. The first kappa shape index (κ1) is 17.9. The van der Waals surface area contributed by atoms with Crippen molar-refractivity contribution in [1.29, 1.82) is 0 Å². The van der Waals surface area contributed by atoms with Crippen molar-refractivity contribution in [3.8, 4) is 0 Å². The molecule has 4 nitrogen and oxygen atoms in total. The molecule has 3 rings (SSSR count). The molecular formula is C22H26N4. The van der Waals surface area contributed by atoms with E-state index in [2.05, 4.69) is 70.7 Å². The zero-order valence-electron chi connectivity index (χ0n) is 15.5. The zero-order valence-corrected chi connectivity index (χ0v) is 15.5. The quantitative estimate of drug-likeness (QED) is 0.559. The second-order valence-corrected chi connectivity index (χ2v) is 6.35. The van der Waals surface area contributed by atoms with Crippen molar-refractivity contribution in [2.45, 2.75) is 33.2 Å². The molecule has 0 saturated heterocycles. The minimum absolute atomic E-state index is 0.760. The van der Waals surface area contributed by atoms with Gasteiger partial charge in [0.25, 0.3) is 0 Å². The van der Waals surface area contributed by atoms with Crippen molar-refractivity contribution in [2.24, 2.45) is 0 Å². The van der Waals surface area contributed by atoms with Crippen LogP contribution in [0.25, 0.3) is 0 Å². The Morgan fingerprint density at radius 1 is 0.923 bits per heavy atom. The third-order valence-electron chi connectivity index (χ3n) is 4.19. The average molecular weight is 346 g/mol. The Bertz CT molecular complexity index is 803. The Balaban J connectivity index is 1.93. The molecule has 0 bridgehead atoms. The molecule has 1 N–H and O–H groups in total. The summed E-state index contributed by atoms with van der Waals surface area (Å²) in [5, 5.41) is 3.42. The second-order valence-electron chi connectivity index (χ2n) is 6.35. The van der Waals surface area contributed by atoms with Gasteiger partial charge in [-0.15, -0.1) is 0 Å². The first-order chi connectivity index (χ1) is 12.8. The molecule has 26 heavy (non-hydrogen) atoms. The van der Waals surface area contributed by atoms with Crippen molar-refractivity contribution in [2.75, 3.05) is 16.8 Å². The number of para-hydroxylation sites is 1.